The maximum Gasteiger partial charge on any atom is 0.206 e. The minimum absolute atomic E-state index is 0.154. The Labute approximate surface area is 141 Å². The molecule has 0 fully saturated rings. The highest BCUT2D eigenvalue weighted by molar-refractivity contribution is 6.04. The molecular formula is C17H12N6O2. The van der Waals surface area contributed by atoms with Gasteiger partial charge in [-0.3, -0.25) is 4.40 Å². The Morgan fingerprint density at radius 2 is 1.80 bits per heavy atom. The van der Waals surface area contributed by atoms with E-state index in [4.69, 9.17) is 5.73 Å². The number of nitrogen functional groups attached to an aromatic ring is 1. The third-order valence-corrected chi connectivity index (χ3v) is 3.95. The van der Waals surface area contributed by atoms with Crippen molar-refractivity contribution >= 4 is 35.1 Å². The molecule has 0 unspecified atom stereocenters. The summed E-state index contributed by atoms with van der Waals surface area (Å²) in [7, 11) is 0. The van der Waals surface area contributed by atoms with E-state index >= 15 is 0 Å². The van der Waals surface area contributed by atoms with E-state index in [1.54, 1.807) is 22.9 Å². The van der Waals surface area contributed by atoms with E-state index in [0.717, 1.165) is 16.5 Å². The zero-order valence-corrected chi connectivity index (χ0v) is 12.9. The molecule has 122 valence electrons. The molecule has 0 atom stereocenters. The summed E-state index contributed by atoms with van der Waals surface area (Å²) in [6.07, 6.45) is 5.84. The van der Waals surface area contributed by atoms with Crippen molar-refractivity contribution in [2.45, 2.75) is 5.92 Å². The van der Waals surface area contributed by atoms with E-state index in [2.05, 4.69) is 19.9 Å². The quantitative estimate of drug-likeness (QED) is 0.443. The Kier molecular flexibility index (Phi) is 3.42. The van der Waals surface area contributed by atoms with Gasteiger partial charge in [0.2, 0.25) is 5.95 Å². The highest BCUT2D eigenvalue weighted by atomic mass is 16.1. The van der Waals surface area contributed by atoms with E-state index in [1.165, 1.54) is 6.20 Å². The monoisotopic (exact) mass is 332 g/mol. The molecule has 0 aliphatic heterocycles. The summed E-state index contributed by atoms with van der Waals surface area (Å²) in [6, 6.07) is 7.25. The van der Waals surface area contributed by atoms with Crippen LogP contribution in [0.4, 0.5) is 5.95 Å². The standard InChI is InChI=1S/C17H12N6O2/c18-17-21-7-4-13-14(11-2-1-5-20-16(11)23(13)17)12-3-6-19-15(22-12)10(8-24)9-25/h1-10H,(H2,18,21). The van der Waals surface area contributed by atoms with Gasteiger partial charge in [0.05, 0.1) is 11.2 Å². The van der Waals surface area contributed by atoms with Crippen LogP contribution in [-0.4, -0.2) is 36.9 Å². The van der Waals surface area contributed by atoms with Crippen molar-refractivity contribution in [2.24, 2.45) is 0 Å². The number of rotatable bonds is 4. The second-order valence-electron chi connectivity index (χ2n) is 5.37. The number of aldehydes is 2. The molecule has 0 bridgehead atoms. The molecule has 0 aromatic carbocycles. The molecule has 8 heteroatoms. The van der Waals surface area contributed by atoms with Gasteiger partial charge in [-0.1, -0.05) is 0 Å². The van der Waals surface area contributed by atoms with Crippen molar-refractivity contribution in [3.05, 3.63) is 48.7 Å². The Morgan fingerprint density at radius 1 is 1.00 bits per heavy atom. The van der Waals surface area contributed by atoms with Gasteiger partial charge in [-0.15, -0.1) is 0 Å². The lowest BCUT2D eigenvalue weighted by Crippen LogP contribution is -2.07. The molecule has 0 amide bonds. The summed E-state index contributed by atoms with van der Waals surface area (Å²) in [6.45, 7) is 0. The van der Waals surface area contributed by atoms with Gasteiger partial charge in [-0.2, -0.15) is 0 Å². The predicted molar refractivity (Wildman–Crippen MR) is 90.8 cm³/mol. The number of nitrogens with two attached hydrogens (primary N) is 1. The Hall–Kier alpha value is -3.68. The number of hydrogen-bond acceptors (Lipinski definition) is 7. The van der Waals surface area contributed by atoms with Gasteiger partial charge in [-0.25, -0.2) is 19.9 Å². The Morgan fingerprint density at radius 3 is 2.60 bits per heavy atom. The molecule has 4 rings (SSSR count). The van der Waals surface area contributed by atoms with Gasteiger partial charge in [0.15, 0.2) is 0 Å². The third kappa shape index (κ3) is 2.23. The van der Waals surface area contributed by atoms with Crippen molar-refractivity contribution in [3.63, 3.8) is 0 Å². The lowest BCUT2D eigenvalue weighted by Gasteiger charge is -2.05. The minimum Gasteiger partial charge on any atom is -0.369 e. The number of hydrogen-bond donors (Lipinski definition) is 1. The Bertz CT molecular complexity index is 1110. The first-order chi connectivity index (χ1) is 12.2. The van der Waals surface area contributed by atoms with Crippen molar-refractivity contribution in [1.29, 1.82) is 0 Å². The van der Waals surface area contributed by atoms with E-state index in [-0.39, 0.29) is 5.82 Å². The summed E-state index contributed by atoms with van der Waals surface area (Å²) < 4.78 is 1.74. The second kappa shape index (κ2) is 5.75. The van der Waals surface area contributed by atoms with Crippen LogP contribution in [0.2, 0.25) is 0 Å². The largest absolute Gasteiger partial charge is 0.369 e. The molecule has 25 heavy (non-hydrogen) atoms. The maximum atomic E-state index is 11.1. The molecule has 0 saturated heterocycles. The van der Waals surface area contributed by atoms with Gasteiger partial charge in [0.25, 0.3) is 0 Å². The zero-order valence-electron chi connectivity index (χ0n) is 12.9. The van der Waals surface area contributed by atoms with E-state index in [0.29, 0.717) is 29.9 Å². The van der Waals surface area contributed by atoms with Gasteiger partial charge < -0.3 is 15.3 Å². The lowest BCUT2D eigenvalue weighted by molar-refractivity contribution is -0.116. The van der Waals surface area contributed by atoms with E-state index < -0.39 is 5.92 Å². The van der Waals surface area contributed by atoms with Crippen molar-refractivity contribution in [2.75, 3.05) is 5.73 Å². The molecule has 0 aliphatic carbocycles. The lowest BCUT2D eigenvalue weighted by atomic mass is 10.1. The van der Waals surface area contributed by atoms with Crippen LogP contribution >= 0.6 is 0 Å². The maximum absolute atomic E-state index is 11.1. The van der Waals surface area contributed by atoms with Gasteiger partial charge in [0.1, 0.15) is 30.0 Å². The summed E-state index contributed by atoms with van der Waals surface area (Å²) in [5.41, 5.74) is 8.81. The first-order valence-electron chi connectivity index (χ1n) is 7.48. The average Bonchev–Trinajstić information content (AvgIpc) is 2.98. The van der Waals surface area contributed by atoms with Crippen LogP contribution in [-0.2, 0) is 9.59 Å². The molecule has 0 radical (unpaired) electrons. The highest BCUT2D eigenvalue weighted by Crippen LogP contribution is 2.34. The summed E-state index contributed by atoms with van der Waals surface area (Å²) >= 11 is 0. The molecule has 4 aromatic heterocycles. The Balaban J connectivity index is 2.07. The number of anilines is 1. The SMILES string of the molecule is Nc1nccc2c(-c3ccnc(C(C=O)C=O)n3)c3cccnc3n12. The first kappa shape index (κ1) is 14.9. The topological polar surface area (TPSA) is 116 Å². The first-order valence-corrected chi connectivity index (χ1v) is 7.48. The second-order valence-corrected chi connectivity index (χ2v) is 5.37. The number of fused-ring (bicyclic) bond motifs is 3. The third-order valence-electron chi connectivity index (χ3n) is 3.95. The summed E-state index contributed by atoms with van der Waals surface area (Å²) in [4.78, 5) is 39.1. The van der Waals surface area contributed by atoms with Crippen LogP contribution < -0.4 is 5.73 Å². The van der Waals surface area contributed by atoms with E-state index in [1.807, 2.05) is 18.2 Å². The van der Waals surface area contributed by atoms with Crippen LogP contribution in [0, 0.1) is 0 Å². The number of aromatic nitrogens is 5. The normalized spacial score (nSPS) is 11.2. The van der Waals surface area contributed by atoms with Crippen molar-refractivity contribution < 1.29 is 9.59 Å². The highest BCUT2D eigenvalue weighted by Gasteiger charge is 2.19. The minimum atomic E-state index is -0.995. The molecule has 0 saturated carbocycles. The molecule has 4 heterocycles. The molecule has 2 N–H and O–H groups in total. The van der Waals surface area contributed by atoms with Gasteiger partial charge in [-0.05, 0) is 24.3 Å². The van der Waals surface area contributed by atoms with Crippen LogP contribution in [0.25, 0.3) is 27.8 Å². The summed E-state index contributed by atoms with van der Waals surface area (Å²) in [5.74, 6) is -0.536. The predicted octanol–water partition coefficient (Wildman–Crippen LogP) is 1.40. The molecule has 0 spiro atoms. The van der Waals surface area contributed by atoms with Crippen LogP contribution in [0.15, 0.2) is 42.9 Å². The van der Waals surface area contributed by atoms with Crippen LogP contribution in [0.3, 0.4) is 0 Å². The van der Waals surface area contributed by atoms with Crippen LogP contribution in [0.5, 0.6) is 0 Å². The molecule has 4 aromatic rings. The molecule has 8 nitrogen and oxygen atoms in total. The smallest absolute Gasteiger partial charge is 0.206 e. The summed E-state index contributed by atoms with van der Waals surface area (Å²) in [5, 5.41) is 0.834. The van der Waals surface area contributed by atoms with Crippen LogP contribution in [0.1, 0.15) is 11.7 Å². The average molecular weight is 332 g/mol. The van der Waals surface area contributed by atoms with Crippen molar-refractivity contribution in [1.82, 2.24) is 24.3 Å². The number of carbonyl (C=O) groups is 2. The van der Waals surface area contributed by atoms with E-state index in [9.17, 15) is 9.59 Å². The van der Waals surface area contributed by atoms with Crippen molar-refractivity contribution in [3.8, 4) is 11.3 Å². The van der Waals surface area contributed by atoms with Gasteiger partial charge >= 0.3 is 0 Å². The van der Waals surface area contributed by atoms with Gasteiger partial charge in [0, 0.05) is 29.5 Å². The zero-order chi connectivity index (χ0) is 17.4. The molecular weight excluding hydrogens is 320 g/mol. The number of pyridine rings is 1. The fourth-order valence-electron chi connectivity index (χ4n) is 2.86. The number of carbonyl (C=O) groups excluding carboxylic acids is 2. The number of nitrogens with zero attached hydrogens (tertiary/aromatic N) is 5. The fraction of sp³-hybridized carbons (Fsp3) is 0.0588. The fourth-order valence-corrected chi connectivity index (χ4v) is 2.86. The molecule has 0 aliphatic rings.